The highest BCUT2D eigenvalue weighted by Crippen LogP contribution is 2.61. The Bertz CT molecular complexity index is 1350. The second-order valence-electron chi connectivity index (χ2n) is 11.0. The molecule has 1 aliphatic carbocycles. The van der Waals surface area contributed by atoms with Crippen LogP contribution in [0.4, 0.5) is 19.0 Å². The summed E-state index contributed by atoms with van der Waals surface area (Å²) in [6, 6.07) is 4.90. The monoisotopic (exact) mass is 597 g/mol. The molecule has 1 aromatic heterocycles. The van der Waals surface area contributed by atoms with Crippen LogP contribution in [-0.4, -0.2) is 84.2 Å². The van der Waals surface area contributed by atoms with Gasteiger partial charge in [-0.15, -0.1) is 0 Å². The molecule has 2 heterocycles. The molecule has 1 saturated heterocycles. The summed E-state index contributed by atoms with van der Waals surface area (Å²) in [4.78, 5) is 11.3. The van der Waals surface area contributed by atoms with Gasteiger partial charge in [0, 0.05) is 49.0 Å². The van der Waals surface area contributed by atoms with Gasteiger partial charge < -0.3 is 35.3 Å². The van der Waals surface area contributed by atoms with Gasteiger partial charge in [-0.25, -0.2) is 9.97 Å². The van der Waals surface area contributed by atoms with E-state index in [1.54, 1.807) is 32.2 Å². The number of anilines is 1. The SMILES string of the molecule is CNC[C@@H](O)COc1ccc(Cl)c(-c2nc(/C(C(C)=N)=C(\C)O)c(C)c(N3CC4(C3)CC(OC)(C(F)(F)F)C4)n2)c1. The highest BCUT2D eigenvalue weighted by molar-refractivity contribution is 6.33. The highest BCUT2D eigenvalue weighted by Gasteiger charge is 2.71. The summed E-state index contributed by atoms with van der Waals surface area (Å²) in [5.41, 5.74) is -1.06. The molecular formula is C28H35ClF3N5O4. The standard InChI is InChI=1S/C28H35ClF3N5O4/c1-15-23(22(16(2)33)17(3)38)35-24(20-8-19(6-7-21(20)29)41-10-18(39)9-34-4)36-25(15)37-13-26(14-37)11-27(12-26,40-5)28(30,31)32/h6-8,18,33-34,38-39H,9-14H2,1-5H3/b22-17+,33-16?/t18-/m1/s1. The van der Waals surface area contributed by atoms with Crippen LogP contribution < -0.4 is 15.0 Å². The molecule has 13 heteroatoms. The summed E-state index contributed by atoms with van der Waals surface area (Å²) in [6.07, 6.45) is -5.45. The minimum Gasteiger partial charge on any atom is -0.512 e. The highest BCUT2D eigenvalue weighted by atomic mass is 35.5. The third kappa shape index (κ3) is 5.88. The molecule has 0 radical (unpaired) electrons. The third-order valence-corrected chi connectivity index (χ3v) is 8.06. The lowest BCUT2D eigenvalue weighted by Gasteiger charge is -2.63. The quantitative estimate of drug-likeness (QED) is 0.224. The Labute approximate surface area is 241 Å². The Morgan fingerprint density at radius 2 is 1.90 bits per heavy atom. The lowest BCUT2D eigenvalue weighted by Crippen LogP contribution is -2.72. The maximum Gasteiger partial charge on any atom is 0.417 e. The molecule has 41 heavy (non-hydrogen) atoms. The first-order valence-electron chi connectivity index (χ1n) is 13.1. The van der Waals surface area contributed by atoms with Crippen LogP contribution in [0.2, 0.25) is 5.02 Å². The van der Waals surface area contributed by atoms with E-state index >= 15 is 0 Å². The van der Waals surface area contributed by atoms with Gasteiger partial charge in [0.2, 0.25) is 0 Å². The number of hydrogen-bond acceptors (Lipinski definition) is 9. The maximum atomic E-state index is 13.6. The van der Waals surface area contributed by atoms with Crippen molar-refractivity contribution >= 4 is 28.7 Å². The van der Waals surface area contributed by atoms with Gasteiger partial charge >= 0.3 is 6.18 Å². The number of alkyl halides is 3. The van der Waals surface area contributed by atoms with Crippen LogP contribution in [0.1, 0.15) is 37.9 Å². The zero-order valence-corrected chi connectivity index (χ0v) is 24.4. The van der Waals surface area contributed by atoms with E-state index in [-0.39, 0.29) is 42.3 Å². The van der Waals surface area contributed by atoms with Gasteiger partial charge in [0.1, 0.15) is 30.0 Å². The number of rotatable bonds is 10. The van der Waals surface area contributed by atoms with E-state index in [0.29, 0.717) is 53.0 Å². The van der Waals surface area contributed by atoms with Crippen molar-refractivity contribution in [2.24, 2.45) is 5.41 Å². The van der Waals surface area contributed by atoms with Gasteiger partial charge in [0.25, 0.3) is 0 Å². The van der Waals surface area contributed by atoms with E-state index in [9.17, 15) is 23.4 Å². The average molecular weight is 598 g/mol. The van der Waals surface area contributed by atoms with Gasteiger partial charge in [0.05, 0.1) is 16.3 Å². The van der Waals surface area contributed by atoms with Gasteiger partial charge in [0.15, 0.2) is 11.4 Å². The number of halogens is 4. The lowest BCUT2D eigenvalue weighted by atomic mass is 9.54. The van der Waals surface area contributed by atoms with E-state index in [1.807, 2.05) is 4.90 Å². The van der Waals surface area contributed by atoms with Crippen molar-refractivity contribution in [1.29, 1.82) is 5.41 Å². The molecule has 1 spiro atoms. The number of aliphatic hydroxyl groups excluding tert-OH is 2. The smallest absolute Gasteiger partial charge is 0.417 e. The Hall–Kier alpha value is -2.93. The first-order valence-corrected chi connectivity index (χ1v) is 13.5. The minimum atomic E-state index is -4.45. The van der Waals surface area contributed by atoms with Crippen molar-refractivity contribution in [2.75, 3.05) is 45.3 Å². The fourth-order valence-corrected chi connectivity index (χ4v) is 6.01. The number of ether oxygens (including phenoxy) is 2. The maximum absolute atomic E-state index is 13.6. The van der Waals surface area contributed by atoms with Crippen LogP contribution in [0, 0.1) is 17.7 Å². The number of aliphatic hydroxyl groups is 2. The molecule has 4 N–H and O–H groups in total. The number of nitrogens with one attached hydrogen (secondary N) is 2. The van der Waals surface area contributed by atoms with E-state index in [4.69, 9.17) is 31.5 Å². The Morgan fingerprint density at radius 1 is 1.24 bits per heavy atom. The normalized spacial score (nSPS) is 18.8. The molecule has 1 aliphatic heterocycles. The first-order chi connectivity index (χ1) is 19.2. The van der Waals surface area contributed by atoms with Gasteiger partial charge in [-0.05, 0) is 58.9 Å². The van der Waals surface area contributed by atoms with E-state index < -0.39 is 23.3 Å². The van der Waals surface area contributed by atoms with Crippen molar-refractivity contribution in [2.45, 2.75) is 51.5 Å². The number of allylic oxidation sites excluding steroid dienone is 2. The summed E-state index contributed by atoms with van der Waals surface area (Å²) in [7, 11) is 2.81. The summed E-state index contributed by atoms with van der Waals surface area (Å²) in [5, 5.41) is 31.9. The Kier molecular flexibility index (Phi) is 8.62. The van der Waals surface area contributed by atoms with Gasteiger partial charge in [-0.1, -0.05) is 11.6 Å². The molecule has 1 atom stereocenters. The molecule has 0 amide bonds. The van der Waals surface area contributed by atoms with E-state index in [0.717, 1.165) is 7.11 Å². The first kappa shape index (κ1) is 31.0. The van der Waals surface area contributed by atoms with Crippen LogP contribution >= 0.6 is 11.6 Å². The molecule has 2 aliphatic rings. The van der Waals surface area contributed by atoms with E-state index in [1.165, 1.54) is 13.8 Å². The molecule has 2 aromatic rings. The largest absolute Gasteiger partial charge is 0.512 e. The van der Waals surface area contributed by atoms with E-state index in [2.05, 4.69) is 10.3 Å². The number of nitrogens with zero attached hydrogens (tertiary/aromatic N) is 3. The van der Waals surface area contributed by atoms with Crippen molar-refractivity contribution in [3.8, 4) is 17.1 Å². The van der Waals surface area contributed by atoms with Crippen LogP contribution in [0.15, 0.2) is 24.0 Å². The second-order valence-corrected chi connectivity index (χ2v) is 11.4. The van der Waals surface area contributed by atoms with Gasteiger partial charge in [-0.2, -0.15) is 13.2 Å². The average Bonchev–Trinajstić information content (AvgIpc) is 2.83. The van der Waals surface area contributed by atoms with Crippen molar-refractivity contribution in [1.82, 2.24) is 15.3 Å². The summed E-state index contributed by atoms with van der Waals surface area (Å²) >= 11 is 6.55. The van der Waals surface area contributed by atoms with Crippen LogP contribution in [0.25, 0.3) is 17.0 Å². The summed E-state index contributed by atoms with van der Waals surface area (Å²) in [6.45, 7) is 5.80. The minimum absolute atomic E-state index is 0.0352. The van der Waals surface area contributed by atoms with Gasteiger partial charge in [-0.3, -0.25) is 0 Å². The fraction of sp³-hybridized carbons (Fsp3) is 0.536. The number of likely N-dealkylation sites (N-methyl/N-ethyl adjacent to an activating group) is 1. The molecule has 224 valence electrons. The zero-order chi connectivity index (χ0) is 30.3. The number of methoxy groups -OCH3 is 1. The molecule has 0 bridgehead atoms. The summed E-state index contributed by atoms with van der Waals surface area (Å²) in [5.74, 6) is 0.990. The molecule has 0 unspecified atom stereocenters. The second kappa shape index (κ2) is 11.4. The molecule has 1 saturated carbocycles. The number of aromatic nitrogens is 2. The zero-order valence-electron chi connectivity index (χ0n) is 23.6. The van der Waals surface area contributed by atoms with Crippen LogP contribution in [0.5, 0.6) is 5.75 Å². The van der Waals surface area contributed by atoms with Crippen molar-refractivity contribution in [3.63, 3.8) is 0 Å². The Balaban J connectivity index is 1.72. The Morgan fingerprint density at radius 3 is 2.44 bits per heavy atom. The van der Waals surface area contributed by atoms with Crippen LogP contribution in [-0.2, 0) is 4.74 Å². The van der Waals surface area contributed by atoms with Crippen molar-refractivity contribution in [3.05, 3.63) is 40.2 Å². The molecule has 4 rings (SSSR count). The number of benzene rings is 1. The molecule has 2 fully saturated rings. The molecular weight excluding hydrogens is 563 g/mol. The predicted molar refractivity (Wildman–Crippen MR) is 151 cm³/mol. The number of hydrogen-bond donors (Lipinski definition) is 4. The molecule has 1 aromatic carbocycles. The summed E-state index contributed by atoms with van der Waals surface area (Å²) < 4.78 is 51.6. The predicted octanol–water partition coefficient (Wildman–Crippen LogP) is 4.94. The third-order valence-electron chi connectivity index (χ3n) is 7.74. The van der Waals surface area contributed by atoms with Crippen LogP contribution in [0.3, 0.4) is 0 Å². The van der Waals surface area contributed by atoms with Crippen molar-refractivity contribution < 1.29 is 32.9 Å². The fourth-order valence-electron chi connectivity index (χ4n) is 5.81. The lowest BCUT2D eigenvalue weighted by molar-refractivity contribution is -0.328. The topological polar surface area (TPSA) is 124 Å². The molecule has 9 nitrogen and oxygen atoms in total.